The Balaban J connectivity index is 1.87. The number of benzene rings is 1. The molecule has 1 N–H and O–H groups in total. The summed E-state index contributed by atoms with van der Waals surface area (Å²) >= 11 is 0. The first-order valence-electron chi connectivity index (χ1n) is 7.69. The summed E-state index contributed by atoms with van der Waals surface area (Å²) in [5, 5.41) is 3.57. The van der Waals surface area contributed by atoms with Gasteiger partial charge in [-0.2, -0.15) is 0 Å². The summed E-state index contributed by atoms with van der Waals surface area (Å²) in [5.41, 5.74) is 2.57. The van der Waals surface area contributed by atoms with Crippen LogP contribution in [0.5, 0.6) is 0 Å². The summed E-state index contributed by atoms with van der Waals surface area (Å²) in [6, 6.07) is 9.18. The maximum absolute atomic E-state index is 6.05. The highest BCUT2D eigenvalue weighted by molar-refractivity contribution is 5.28. The molecular weight excluding hydrogens is 250 g/mol. The Kier molecular flexibility index (Phi) is 6.02. The Bertz CT molecular complexity index is 402. The fraction of sp³-hybridized carbons (Fsp3) is 0.647. The average Bonchev–Trinajstić information content (AvgIpc) is 3.23. The van der Waals surface area contributed by atoms with Gasteiger partial charge in [0.25, 0.3) is 0 Å². The molecule has 1 unspecified atom stereocenters. The molecule has 0 aromatic heterocycles. The highest BCUT2D eigenvalue weighted by atomic mass is 16.5. The van der Waals surface area contributed by atoms with Gasteiger partial charge in [-0.1, -0.05) is 24.3 Å². The maximum atomic E-state index is 6.05. The van der Waals surface area contributed by atoms with Crippen LogP contribution in [0.2, 0.25) is 0 Å². The van der Waals surface area contributed by atoms with Gasteiger partial charge in [-0.3, -0.25) is 0 Å². The third kappa shape index (κ3) is 5.23. The molecule has 0 heterocycles. The molecule has 0 amide bonds. The van der Waals surface area contributed by atoms with Crippen molar-refractivity contribution in [2.24, 2.45) is 0 Å². The van der Waals surface area contributed by atoms with Crippen molar-refractivity contribution in [3.05, 3.63) is 35.4 Å². The zero-order chi connectivity index (χ0) is 14.4. The molecule has 112 valence electrons. The molecule has 3 heteroatoms. The van der Waals surface area contributed by atoms with Crippen LogP contribution in [0.15, 0.2) is 24.3 Å². The Morgan fingerprint density at radius 2 is 1.85 bits per heavy atom. The van der Waals surface area contributed by atoms with Crippen molar-refractivity contribution in [1.82, 2.24) is 5.32 Å². The molecule has 0 saturated heterocycles. The van der Waals surface area contributed by atoms with Crippen molar-refractivity contribution < 1.29 is 9.47 Å². The zero-order valence-electron chi connectivity index (χ0n) is 12.9. The molecule has 1 aromatic carbocycles. The van der Waals surface area contributed by atoms with Crippen molar-refractivity contribution in [3.63, 3.8) is 0 Å². The lowest BCUT2D eigenvalue weighted by Gasteiger charge is -2.21. The van der Waals surface area contributed by atoms with E-state index in [9.17, 15) is 0 Å². The molecule has 1 aromatic rings. The van der Waals surface area contributed by atoms with Gasteiger partial charge in [-0.15, -0.1) is 0 Å². The Hall–Kier alpha value is -0.900. The first kappa shape index (κ1) is 15.5. The summed E-state index contributed by atoms with van der Waals surface area (Å²) < 4.78 is 11.6. The van der Waals surface area contributed by atoms with Crippen molar-refractivity contribution in [1.29, 1.82) is 0 Å². The monoisotopic (exact) mass is 277 g/mol. The molecule has 20 heavy (non-hydrogen) atoms. The van der Waals surface area contributed by atoms with Gasteiger partial charge in [-0.25, -0.2) is 0 Å². The fourth-order valence-electron chi connectivity index (χ4n) is 2.24. The second-order valence-electron chi connectivity index (χ2n) is 5.82. The summed E-state index contributed by atoms with van der Waals surface area (Å²) in [6.07, 6.45) is 2.99. The first-order chi connectivity index (χ1) is 9.66. The summed E-state index contributed by atoms with van der Waals surface area (Å²) in [4.78, 5) is 0. The third-order valence-corrected chi connectivity index (χ3v) is 3.56. The molecular formula is C17H27NO2. The van der Waals surface area contributed by atoms with E-state index in [-0.39, 0.29) is 12.2 Å². The number of hydrogen-bond donors (Lipinski definition) is 1. The van der Waals surface area contributed by atoms with Crippen LogP contribution in [0.1, 0.15) is 43.9 Å². The molecule has 1 aliphatic carbocycles. The van der Waals surface area contributed by atoms with Gasteiger partial charge in [0, 0.05) is 12.6 Å². The van der Waals surface area contributed by atoms with E-state index in [0.29, 0.717) is 19.3 Å². The van der Waals surface area contributed by atoms with Gasteiger partial charge < -0.3 is 14.8 Å². The SMILES string of the molecule is Cc1ccccc1C(CNC1CC1)OCCOC(C)C. The molecule has 3 nitrogen and oxygen atoms in total. The molecule has 2 rings (SSSR count). The second-order valence-corrected chi connectivity index (χ2v) is 5.82. The molecule has 1 atom stereocenters. The average molecular weight is 277 g/mol. The van der Waals surface area contributed by atoms with Gasteiger partial charge in [0.15, 0.2) is 0 Å². The number of rotatable bonds is 9. The molecule has 0 spiro atoms. The smallest absolute Gasteiger partial charge is 0.0953 e. The lowest BCUT2D eigenvalue weighted by molar-refractivity contribution is -0.0133. The Morgan fingerprint density at radius 1 is 1.15 bits per heavy atom. The van der Waals surface area contributed by atoms with Gasteiger partial charge >= 0.3 is 0 Å². The van der Waals surface area contributed by atoms with E-state index in [1.165, 1.54) is 24.0 Å². The predicted octanol–water partition coefficient (Wildman–Crippen LogP) is 3.23. The van der Waals surface area contributed by atoms with E-state index in [4.69, 9.17) is 9.47 Å². The van der Waals surface area contributed by atoms with E-state index in [0.717, 1.165) is 6.54 Å². The lowest BCUT2D eigenvalue weighted by Crippen LogP contribution is -2.26. The minimum Gasteiger partial charge on any atom is -0.376 e. The van der Waals surface area contributed by atoms with Crippen LogP contribution in [-0.2, 0) is 9.47 Å². The Morgan fingerprint density at radius 3 is 2.50 bits per heavy atom. The topological polar surface area (TPSA) is 30.5 Å². The van der Waals surface area contributed by atoms with E-state index in [1.807, 2.05) is 13.8 Å². The van der Waals surface area contributed by atoms with E-state index in [1.54, 1.807) is 0 Å². The summed E-state index contributed by atoms with van der Waals surface area (Å²) in [6.45, 7) is 8.43. The fourth-order valence-corrected chi connectivity index (χ4v) is 2.24. The van der Waals surface area contributed by atoms with Crippen LogP contribution in [0.25, 0.3) is 0 Å². The van der Waals surface area contributed by atoms with Crippen LogP contribution in [0.3, 0.4) is 0 Å². The number of ether oxygens (including phenoxy) is 2. The number of aryl methyl sites for hydroxylation is 1. The second kappa shape index (κ2) is 7.77. The summed E-state index contributed by atoms with van der Waals surface area (Å²) in [7, 11) is 0. The third-order valence-electron chi connectivity index (χ3n) is 3.56. The lowest BCUT2D eigenvalue weighted by atomic mass is 10.0. The van der Waals surface area contributed by atoms with E-state index >= 15 is 0 Å². The predicted molar refractivity (Wildman–Crippen MR) is 82.0 cm³/mol. The van der Waals surface area contributed by atoms with Crippen LogP contribution < -0.4 is 5.32 Å². The van der Waals surface area contributed by atoms with Crippen molar-refractivity contribution >= 4 is 0 Å². The molecule has 0 bridgehead atoms. The van der Waals surface area contributed by atoms with Crippen LogP contribution in [0, 0.1) is 6.92 Å². The van der Waals surface area contributed by atoms with Crippen molar-refractivity contribution in [2.45, 2.75) is 51.9 Å². The molecule has 1 aliphatic rings. The van der Waals surface area contributed by atoms with Crippen molar-refractivity contribution in [3.8, 4) is 0 Å². The summed E-state index contributed by atoms with van der Waals surface area (Å²) in [5.74, 6) is 0. The highest BCUT2D eigenvalue weighted by Gasteiger charge is 2.23. The van der Waals surface area contributed by atoms with Gasteiger partial charge in [0.1, 0.15) is 0 Å². The van der Waals surface area contributed by atoms with Crippen LogP contribution >= 0.6 is 0 Å². The quantitative estimate of drug-likeness (QED) is 0.703. The minimum absolute atomic E-state index is 0.118. The van der Waals surface area contributed by atoms with Gasteiger partial charge in [-0.05, 0) is 44.7 Å². The largest absolute Gasteiger partial charge is 0.376 e. The number of nitrogens with one attached hydrogen (secondary N) is 1. The first-order valence-corrected chi connectivity index (χ1v) is 7.69. The highest BCUT2D eigenvalue weighted by Crippen LogP contribution is 2.24. The maximum Gasteiger partial charge on any atom is 0.0953 e. The normalized spacial score (nSPS) is 16.6. The van der Waals surface area contributed by atoms with E-state index in [2.05, 4.69) is 36.5 Å². The van der Waals surface area contributed by atoms with Gasteiger partial charge in [0.2, 0.25) is 0 Å². The molecule has 0 radical (unpaired) electrons. The van der Waals surface area contributed by atoms with E-state index < -0.39 is 0 Å². The number of hydrogen-bond acceptors (Lipinski definition) is 3. The standard InChI is InChI=1S/C17H27NO2/c1-13(2)19-10-11-20-17(12-18-15-8-9-15)16-7-5-4-6-14(16)3/h4-7,13,15,17-18H,8-12H2,1-3H3. The van der Waals surface area contributed by atoms with Crippen LogP contribution in [0.4, 0.5) is 0 Å². The van der Waals surface area contributed by atoms with Crippen molar-refractivity contribution in [2.75, 3.05) is 19.8 Å². The molecule has 1 fully saturated rings. The van der Waals surface area contributed by atoms with Crippen LogP contribution in [-0.4, -0.2) is 31.9 Å². The zero-order valence-corrected chi connectivity index (χ0v) is 12.9. The minimum atomic E-state index is 0.118. The molecule has 0 aliphatic heterocycles. The molecule has 1 saturated carbocycles. The van der Waals surface area contributed by atoms with Gasteiger partial charge in [0.05, 0.1) is 25.4 Å². The Labute approximate surface area is 122 Å².